The third-order valence-corrected chi connectivity index (χ3v) is 4.91. The normalized spacial score (nSPS) is 28.6. The van der Waals surface area contributed by atoms with E-state index in [-0.39, 0.29) is 17.6 Å². The van der Waals surface area contributed by atoms with E-state index < -0.39 is 0 Å². The van der Waals surface area contributed by atoms with E-state index in [9.17, 15) is 9.90 Å². The van der Waals surface area contributed by atoms with Gasteiger partial charge in [0.15, 0.2) is 0 Å². The summed E-state index contributed by atoms with van der Waals surface area (Å²) in [6.45, 7) is 4.79. The van der Waals surface area contributed by atoms with Crippen molar-refractivity contribution in [3.63, 3.8) is 0 Å². The SMILES string of the molecule is CC1(C)C(O)CCCN1C(=O)CCC1CCCC1. The second kappa shape index (κ2) is 5.60. The Morgan fingerprint density at radius 3 is 2.56 bits per heavy atom. The molecule has 18 heavy (non-hydrogen) atoms. The monoisotopic (exact) mass is 253 g/mol. The lowest BCUT2D eigenvalue weighted by Gasteiger charge is -2.46. The van der Waals surface area contributed by atoms with Gasteiger partial charge in [0.25, 0.3) is 0 Å². The number of likely N-dealkylation sites (tertiary alicyclic amines) is 1. The lowest BCUT2D eigenvalue weighted by Crippen LogP contribution is -2.58. The molecule has 1 unspecified atom stereocenters. The number of aliphatic hydroxyl groups excluding tert-OH is 1. The van der Waals surface area contributed by atoms with E-state index in [0.717, 1.165) is 31.7 Å². The number of piperidine rings is 1. The first kappa shape index (κ1) is 13.9. The zero-order valence-electron chi connectivity index (χ0n) is 11.8. The van der Waals surface area contributed by atoms with E-state index in [1.54, 1.807) is 0 Å². The van der Waals surface area contributed by atoms with Crippen molar-refractivity contribution in [2.24, 2.45) is 5.92 Å². The molecule has 0 bridgehead atoms. The fraction of sp³-hybridized carbons (Fsp3) is 0.933. The average Bonchev–Trinajstić information content (AvgIpc) is 2.82. The molecule has 2 rings (SSSR count). The van der Waals surface area contributed by atoms with Crippen LogP contribution in [0.15, 0.2) is 0 Å². The highest BCUT2D eigenvalue weighted by Crippen LogP contribution is 2.31. The van der Waals surface area contributed by atoms with Gasteiger partial charge in [0.2, 0.25) is 5.91 Å². The molecule has 2 aliphatic rings. The fourth-order valence-corrected chi connectivity index (χ4v) is 3.47. The van der Waals surface area contributed by atoms with E-state index in [0.29, 0.717) is 6.42 Å². The molecule has 1 heterocycles. The minimum atomic E-state index is -0.384. The predicted octanol–water partition coefficient (Wildman–Crippen LogP) is 2.72. The number of hydrogen-bond donors (Lipinski definition) is 1. The third kappa shape index (κ3) is 2.87. The second-order valence-electron chi connectivity index (χ2n) is 6.55. The molecule has 1 aliphatic heterocycles. The maximum atomic E-state index is 12.3. The maximum absolute atomic E-state index is 12.3. The van der Waals surface area contributed by atoms with Gasteiger partial charge >= 0.3 is 0 Å². The first-order chi connectivity index (χ1) is 8.51. The van der Waals surface area contributed by atoms with Gasteiger partial charge in [-0.15, -0.1) is 0 Å². The summed E-state index contributed by atoms with van der Waals surface area (Å²) in [5.74, 6) is 1.01. The van der Waals surface area contributed by atoms with Crippen LogP contribution in [0.5, 0.6) is 0 Å². The highest BCUT2D eigenvalue weighted by Gasteiger charge is 2.39. The van der Waals surface area contributed by atoms with Crippen LogP contribution in [-0.2, 0) is 4.79 Å². The topological polar surface area (TPSA) is 40.5 Å². The van der Waals surface area contributed by atoms with Gasteiger partial charge in [-0.05, 0) is 39.0 Å². The second-order valence-corrected chi connectivity index (χ2v) is 6.55. The lowest BCUT2D eigenvalue weighted by atomic mass is 9.86. The van der Waals surface area contributed by atoms with Gasteiger partial charge in [-0.1, -0.05) is 25.7 Å². The molecule has 0 aromatic rings. The van der Waals surface area contributed by atoms with Crippen LogP contribution in [0.4, 0.5) is 0 Å². The zero-order chi connectivity index (χ0) is 13.2. The minimum absolute atomic E-state index is 0.241. The smallest absolute Gasteiger partial charge is 0.223 e. The number of carbonyl (C=O) groups is 1. The Balaban J connectivity index is 1.87. The summed E-state index contributed by atoms with van der Waals surface area (Å²) in [5, 5.41) is 10.0. The van der Waals surface area contributed by atoms with Crippen LogP contribution in [0.2, 0.25) is 0 Å². The van der Waals surface area contributed by atoms with Gasteiger partial charge in [0, 0.05) is 13.0 Å². The van der Waals surface area contributed by atoms with Gasteiger partial charge in [0.1, 0.15) is 0 Å². The molecule has 0 spiro atoms. The fourth-order valence-electron chi connectivity index (χ4n) is 3.47. The summed E-state index contributed by atoms with van der Waals surface area (Å²) in [4.78, 5) is 14.2. The van der Waals surface area contributed by atoms with E-state index in [1.807, 2.05) is 18.7 Å². The molecule has 1 amide bonds. The average molecular weight is 253 g/mol. The van der Waals surface area contributed by atoms with Crippen molar-refractivity contribution in [1.29, 1.82) is 0 Å². The standard InChI is InChI=1S/C15H27NO2/c1-15(2)13(17)8-5-11-16(15)14(18)10-9-12-6-3-4-7-12/h12-13,17H,3-11H2,1-2H3. The van der Waals surface area contributed by atoms with Crippen LogP contribution < -0.4 is 0 Å². The number of rotatable bonds is 3. The van der Waals surface area contributed by atoms with Crippen LogP contribution in [-0.4, -0.2) is 34.1 Å². The molecule has 3 heteroatoms. The largest absolute Gasteiger partial charge is 0.391 e. The number of aliphatic hydroxyl groups is 1. The van der Waals surface area contributed by atoms with Crippen molar-refractivity contribution >= 4 is 5.91 Å². The Labute approximate surface area is 111 Å². The molecule has 0 aromatic heterocycles. The number of nitrogens with zero attached hydrogens (tertiary/aromatic N) is 1. The third-order valence-electron chi connectivity index (χ3n) is 4.91. The lowest BCUT2D eigenvalue weighted by molar-refractivity contribution is -0.145. The number of hydrogen-bond acceptors (Lipinski definition) is 2. The Morgan fingerprint density at radius 1 is 1.22 bits per heavy atom. The molecule has 1 saturated carbocycles. The van der Waals surface area contributed by atoms with E-state index >= 15 is 0 Å². The maximum Gasteiger partial charge on any atom is 0.223 e. The first-order valence-corrected chi connectivity index (χ1v) is 7.50. The van der Waals surface area contributed by atoms with Crippen LogP contribution in [0.25, 0.3) is 0 Å². The van der Waals surface area contributed by atoms with Crippen molar-refractivity contribution < 1.29 is 9.90 Å². The van der Waals surface area contributed by atoms with Crippen molar-refractivity contribution in [2.45, 2.75) is 76.9 Å². The summed E-state index contributed by atoms with van der Waals surface area (Å²) < 4.78 is 0. The summed E-state index contributed by atoms with van der Waals surface area (Å²) in [7, 11) is 0. The Kier molecular flexibility index (Phi) is 4.31. The molecule has 104 valence electrons. The van der Waals surface area contributed by atoms with Crippen LogP contribution >= 0.6 is 0 Å². The highest BCUT2D eigenvalue weighted by molar-refractivity contribution is 5.77. The minimum Gasteiger partial charge on any atom is -0.391 e. The summed E-state index contributed by atoms with van der Waals surface area (Å²) in [6.07, 6.45) is 8.38. The van der Waals surface area contributed by atoms with Gasteiger partial charge in [0.05, 0.1) is 11.6 Å². The number of amides is 1. The van der Waals surface area contributed by atoms with Gasteiger partial charge in [-0.25, -0.2) is 0 Å². The van der Waals surface area contributed by atoms with Crippen LogP contribution in [0.3, 0.4) is 0 Å². The molecule has 1 aliphatic carbocycles. The quantitative estimate of drug-likeness (QED) is 0.840. The van der Waals surface area contributed by atoms with E-state index in [2.05, 4.69) is 0 Å². The molecule has 1 N–H and O–H groups in total. The van der Waals surface area contributed by atoms with Crippen molar-refractivity contribution in [2.75, 3.05) is 6.54 Å². The molecule has 1 atom stereocenters. The van der Waals surface area contributed by atoms with Crippen molar-refractivity contribution in [3.05, 3.63) is 0 Å². The summed E-state index contributed by atoms with van der Waals surface area (Å²) in [6, 6.07) is 0. The Hall–Kier alpha value is -0.570. The Morgan fingerprint density at radius 2 is 1.89 bits per heavy atom. The van der Waals surface area contributed by atoms with Crippen molar-refractivity contribution in [1.82, 2.24) is 4.90 Å². The van der Waals surface area contributed by atoms with Gasteiger partial charge in [-0.3, -0.25) is 4.79 Å². The van der Waals surface area contributed by atoms with Crippen LogP contribution in [0, 0.1) is 5.92 Å². The van der Waals surface area contributed by atoms with E-state index in [4.69, 9.17) is 0 Å². The van der Waals surface area contributed by atoms with Gasteiger partial charge in [-0.2, -0.15) is 0 Å². The molecule has 2 fully saturated rings. The first-order valence-electron chi connectivity index (χ1n) is 7.50. The zero-order valence-corrected chi connectivity index (χ0v) is 11.8. The molecule has 1 saturated heterocycles. The molecular formula is C15H27NO2. The van der Waals surface area contributed by atoms with Gasteiger partial charge < -0.3 is 10.0 Å². The Bertz CT molecular complexity index is 295. The predicted molar refractivity (Wildman–Crippen MR) is 72.2 cm³/mol. The summed E-state index contributed by atoms with van der Waals surface area (Å²) >= 11 is 0. The number of carbonyl (C=O) groups excluding carboxylic acids is 1. The molecule has 0 radical (unpaired) electrons. The van der Waals surface area contributed by atoms with E-state index in [1.165, 1.54) is 25.7 Å². The molecule has 0 aromatic carbocycles. The highest BCUT2D eigenvalue weighted by atomic mass is 16.3. The van der Waals surface area contributed by atoms with Crippen molar-refractivity contribution in [3.8, 4) is 0 Å². The summed E-state index contributed by atoms with van der Waals surface area (Å²) in [5.41, 5.74) is -0.384. The molecular weight excluding hydrogens is 226 g/mol. The van der Waals surface area contributed by atoms with Crippen LogP contribution in [0.1, 0.15) is 65.2 Å². The molecule has 3 nitrogen and oxygen atoms in total.